The summed E-state index contributed by atoms with van der Waals surface area (Å²) in [6, 6.07) is 5.29. The van der Waals surface area contributed by atoms with E-state index in [9.17, 15) is 9.59 Å². The molecule has 1 amide bonds. The van der Waals surface area contributed by atoms with Crippen molar-refractivity contribution in [2.24, 2.45) is 13.0 Å². The molecule has 2 rings (SSSR count). The molecule has 0 aliphatic carbocycles. The van der Waals surface area contributed by atoms with Crippen LogP contribution in [0.1, 0.15) is 13.3 Å². The second-order valence-electron chi connectivity index (χ2n) is 4.35. The van der Waals surface area contributed by atoms with Gasteiger partial charge in [0.15, 0.2) is 0 Å². The van der Waals surface area contributed by atoms with E-state index >= 15 is 0 Å². The SMILES string of the molecule is CCC(C(=O)O)C(=O)Nc1ccc2c(c1)ncn2C. The van der Waals surface area contributed by atoms with Gasteiger partial charge in [-0.3, -0.25) is 9.59 Å². The topological polar surface area (TPSA) is 84.2 Å². The molecule has 0 saturated carbocycles. The number of hydrogen-bond donors (Lipinski definition) is 2. The van der Waals surface area contributed by atoms with E-state index in [-0.39, 0.29) is 6.42 Å². The molecule has 6 heteroatoms. The number of rotatable bonds is 4. The number of amides is 1. The molecule has 0 spiro atoms. The predicted octanol–water partition coefficient (Wildman–Crippen LogP) is 1.62. The number of hydrogen-bond acceptors (Lipinski definition) is 3. The fourth-order valence-electron chi connectivity index (χ4n) is 1.92. The Kier molecular flexibility index (Phi) is 3.50. The third-order valence-electron chi connectivity index (χ3n) is 3.02. The highest BCUT2D eigenvalue weighted by Crippen LogP contribution is 2.18. The minimum absolute atomic E-state index is 0.257. The fraction of sp³-hybridized carbons (Fsp3) is 0.308. The van der Waals surface area contributed by atoms with Crippen molar-refractivity contribution in [3.8, 4) is 0 Å². The summed E-state index contributed by atoms with van der Waals surface area (Å²) in [4.78, 5) is 26.9. The maximum absolute atomic E-state index is 11.8. The average molecular weight is 261 g/mol. The second-order valence-corrected chi connectivity index (χ2v) is 4.35. The van der Waals surface area contributed by atoms with E-state index in [0.29, 0.717) is 5.69 Å². The molecule has 0 aliphatic rings. The molecule has 1 aromatic heterocycles. The van der Waals surface area contributed by atoms with Crippen molar-refractivity contribution in [3.05, 3.63) is 24.5 Å². The first-order valence-corrected chi connectivity index (χ1v) is 5.97. The summed E-state index contributed by atoms with van der Waals surface area (Å²) in [5.41, 5.74) is 2.25. The van der Waals surface area contributed by atoms with E-state index in [4.69, 9.17) is 5.11 Å². The van der Waals surface area contributed by atoms with Crippen molar-refractivity contribution in [2.75, 3.05) is 5.32 Å². The van der Waals surface area contributed by atoms with Crippen molar-refractivity contribution in [2.45, 2.75) is 13.3 Å². The van der Waals surface area contributed by atoms with Crippen molar-refractivity contribution in [1.29, 1.82) is 0 Å². The van der Waals surface area contributed by atoms with E-state index in [2.05, 4.69) is 10.3 Å². The number of fused-ring (bicyclic) bond motifs is 1. The molecule has 19 heavy (non-hydrogen) atoms. The Morgan fingerprint density at radius 1 is 1.47 bits per heavy atom. The molecule has 0 fully saturated rings. The quantitative estimate of drug-likeness (QED) is 0.819. The van der Waals surface area contributed by atoms with E-state index in [1.54, 1.807) is 25.4 Å². The van der Waals surface area contributed by atoms with Gasteiger partial charge in [-0.15, -0.1) is 0 Å². The molecule has 6 nitrogen and oxygen atoms in total. The van der Waals surface area contributed by atoms with Crippen LogP contribution in [-0.2, 0) is 16.6 Å². The van der Waals surface area contributed by atoms with Crippen LogP contribution >= 0.6 is 0 Å². The van der Waals surface area contributed by atoms with Crippen LogP contribution in [0.25, 0.3) is 11.0 Å². The Labute approximate surface area is 110 Å². The van der Waals surface area contributed by atoms with E-state index in [0.717, 1.165) is 11.0 Å². The summed E-state index contributed by atoms with van der Waals surface area (Å²) < 4.78 is 1.87. The molecular formula is C13H15N3O3. The number of benzene rings is 1. The van der Waals surface area contributed by atoms with Crippen LogP contribution in [0.4, 0.5) is 5.69 Å². The second kappa shape index (κ2) is 5.09. The van der Waals surface area contributed by atoms with Crippen LogP contribution in [0, 0.1) is 5.92 Å². The van der Waals surface area contributed by atoms with Crippen molar-refractivity contribution >= 4 is 28.6 Å². The van der Waals surface area contributed by atoms with Gasteiger partial charge in [0.05, 0.1) is 17.4 Å². The summed E-state index contributed by atoms with van der Waals surface area (Å²) in [7, 11) is 1.88. The molecule has 1 atom stereocenters. The van der Waals surface area contributed by atoms with Gasteiger partial charge >= 0.3 is 5.97 Å². The molecule has 1 unspecified atom stereocenters. The number of carbonyl (C=O) groups excluding carboxylic acids is 1. The largest absolute Gasteiger partial charge is 0.481 e. The van der Waals surface area contributed by atoms with E-state index < -0.39 is 17.8 Å². The molecule has 0 radical (unpaired) electrons. The number of carbonyl (C=O) groups is 2. The third-order valence-corrected chi connectivity index (χ3v) is 3.02. The average Bonchev–Trinajstić information content (AvgIpc) is 2.71. The summed E-state index contributed by atoms with van der Waals surface area (Å²) in [6.45, 7) is 1.67. The van der Waals surface area contributed by atoms with Crippen molar-refractivity contribution in [3.63, 3.8) is 0 Å². The smallest absolute Gasteiger partial charge is 0.316 e. The number of imidazole rings is 1. The first-order valence-electron chi connectivity index (χ1n) is 5.97. The summed E-state index contributed by atoms with van der Waals surface area (Å²) in [5, 5.41) is 11.5. The summed E-state index contributed by atoms with van der Waals surface area (Å²) >= 11 is 0. The molecular weight excluding hydrogens is 246 g/mol. The first-order chi connectivity index (χ1) is 9.02. The van der Waals surface area contributed by atoms with Crippen molar-refractivity contribution in [1.82, 2.24) is 9.55 Å². The lowest BCUT2D eigenvalue weighted by Crippen LogP contribution is -2.28. The van der Waals surface area contributed by atoms with Crippen LogP contribution in [0.5, 0.6) is 0 Å². The number of anilines is 1. The number of carboxylic acids is 1. The molecule has 1 heterocycles. The third kappa shape index (κ3) is 2.57. The number of aromatic nitrogens is 2. The highest BCUT2D eigenvalue weighted by Gasteiger charge is 2.24. The van der Waals surface area contributed by atoms with Gasteiger partial charge < -0.3 is 15.0 Å². The molecule has 0 saturated heterocycles. The monoisotopic (exact) mass is 261 g/mol. The zero-order valence-electron chi connectivity index (χ0n) is 10.8. The van der Waals surface area contributed by atoms with Crippen LogP contribution < -0.4 is 5.32 Å². The Morgan fingerprint density at radius 3 is 2.84 bits per heavy atom. The molecule has 1 aromatic carbocycles. The zero-order chi connectivity index (χ0) is 14.0. The van der Waals surface area contributed by atoms with Crippen LogP contribution in [0.3, 0.4) is 0 Å². The van der Waals surface area contributed by atoms with Gasteiger partial charge in [0.2, 0.25) is 5.91 Å². The fourth-order valence-corrected chi connectivity index (χ4v) is 1.92. The van der Waals surface area contributed by atoms with Gasteiger partial charge in [0.1, 0.15) is 5.92 Å². The van der Waals surface area contributed by atoms with Crippen LogP contribution in [-0.4, -0.2) is 26.5 Å². The summed E-state index contributed by atoms with van der Waals surface area (Å²) in [6.07, 6.45) is 1.94. The van der Waals surface area contributed by atoms with Gasteiger partial charge in [0.25, 0.3) is 0 Å². The minimum Gasteiger partial charge on any atom is -0.481 e. The Hall–Kier alpha value is -2.37. The maximum Gasteiger partial charge on any atom is 0.316 e. The Balaban J connectivity index is 2.21. The predicted molar refractivity (Wildman–Crippen MR) is 70.8 cm³/mol. The Morgan fingerprint density at radius 2 is 2.21 bits per heavy atom. The molecule has 100 valence electrons. The first kappa shape index (κ1) is 13.1. The van der Waals surface area contributed by atoms with Gasteiger partial charge in [-0.25, -0.2) is 4.98 Å². The van der Waals surface area contributed by atoms with Crippen LogP contribution in [0.2, 0.25) is 0 Å². The molecule has 0 aliphatic heterocycles. The molecule has 2 N–H and O–H groups in total. The van der Waals surface area contributed by atoms with E-state index in [1.807, 2.05) is 17.7 Å². The maximum atomic E-state index is 11.8. The zero-order valence-corrected chi connectivity index (χ0v) is 10.8. The lowest BCUT2D eigenvalue weighted by atomic mass is 10.1. The normalized spacial score (nSPS) is 12.3. The summed E-state index contributed by atoms with van der Waals surface area (Å²) in [5.74, 6) is -2.65. The number of aliphatic carboxylic acids is 1. The van der Waals surface area contributed by atoms with Crippen molar-refractivity contribution < 1.29 is 14.7 Å². The van der Waals surface area contributed by atoms with Gasteiger partial charge in [0, 0.05) is 12.7 Å². The van der Waals surface area contributed by atoms with Gasteiger partial charge in [-0.1, -0.05) is 6.92 Å². The molecule has 2 aromatic rings. The molecule has 0 bridgehead atoms. The number of aryl methyl sites for hydroxylation is 1. The lowest BCUT2D eigenvalue weighted by molar-refractivity contribution is -0.145. The highest BCUT2D eigenvalue weighted by molar-refractivity contribution is 6.04. The number of nitrogens with one attached hydrogen (secondary N) is 1. The standard InChI is InChI=1S/C13H15N3O3/c1-3-9(13(18)19)12(17)15-8-4-5-11-10(6-8)14-7-16(11)2/h4-7,9H,3H2,1-2H3,(H,15,17)(H,18,19). The van der Waals surface area contributed by atoms with Gasteiger partial charge in [-0.05, 0) is 24.6 Å². The minimum atomic E-state index is -1.11. The van der Waals surface area contributed by atoms with Gasteiger partial charge in [-0.2, -0.15) is 0 Å². The number of nitrogens with zero attached hydrogens (tertiary/aromatic N) is 2. The van der Waals surface area contributed by atoms with E-state index in [1.165, 1.54) is 0 Å². The van der Waals surface area contributed by atoms with Crippen LogP contribution in [0.15, 0.2) is 24.5 Å². The Bertz CT molecular complexity index is 633. The lowest BCUT2D eigenvalue weighted by Gasteiger charge is -2.10. The number of carboxylic acid groups (broad SMARTS) is 1. The highest BCUT2D eigenvalue weighted by atomic mass is 16.4.